The topological polar surface area (TPSA) is 90.5 Å². The van der Waals surface area contributed by atoms with Crippen LogP contribution in [0.25, 0.3) is 0 Å². The van der Waals surface area contributed by atoms with Gasteiger partial charge in [0.2, 0.25) is 5.91 Å². The molecule has 0 spiro atoms. The summed E-state index contributed by atoms with van der Waals surface area (Å²) in [5, 5.41) is 8.19. The fourth-order valence-corrected chi connectivity index (χ4v) is 2.92. The van der Waals surface area contributed by atoms with Gasteiger partial charge >= 0.3 is 0 Å². The summed E-state index contributed by atoms with van der Waals surface area (Å²) < 4.78 is 0. The molecule has 1 aliphatic heterocycles. The van der Waals surface area contributed by atoms with Crippen molar-refractivity contribution in [1.29, 1.82) is 5.41 Å². The predicted octanol–water partition coefficient (Wildman–Crippen LogP) is 1.81. The number of carbonyl (C=O) groups is 2. The van der Waals surface area contributed by atoms with Gasteiger partial charge in [-0.25, -0.2) is 0 Å². The Labute approximate surface area is 143 Å². The summed E-state index contributed by atoms with van der Waals surface area (Å²) in [6.45, 7) is 6.17. The van der Waals surface area contributed by atoms with Crippen LogP contribution in [0.1, 0.15) is 37.3 Å². The lowest BCUT2D eigenvalue weighted by molar-refractivity contribution is -0.131. The van der Waals surface area contributed by atoms with E-state index in [2.05, 4.69) is 0 Å². The summed E-state index contributed by atoms with van der Waals surface area (Å²) in [7, 11) is 0. The summed E-state index contributed by atoms with van der Waals surface area (Å²) >= 11 is 0. The molecule has 1 saturated heterocycles. The van der Waals surface area contributed by atoms with Crippen LogP contribution < -0.4 is 5.73 Å². The summed E-state index contributed by atoms with van der Waals surface area (Å²) in [4.78, 5) is 28.1. The quantitative estimate of drug-likeness (QED) is 0.615. The number of nitrogens with zero attached hydrogens (tertiary/aromatic N) is 2. The van der Waals surface area contributed by atoms with Crippen LogP contribution in [0.5, 0.6) is 0 Å². The lowest BCUT2D eigenvalue weighted by atomic mass is 10.0. The van der Waals surface area contributed by atoms with E-state index in [4.69, 9.17) is 11.1 Å². The van der Waals surface area contributed by atoms with E-state index in [1.165, 1.54) is 4.90 Å². The molecule has 3 N–H and O–H groups in total. The van der Waals surface area contributed by atoms with Crippen molar-refractivity contribution in [2.45, 2.75) is 33.1 Å². The highest BCUT2D eigenvalue weighted by Gasteiger charge is 2.23. The number of amides is 2. The molecule has 2 rings (SSSR count). The molecule has 130 valence electrons. The van der Waals surface area contributed by atoms with Gasteiger partial charge in [-0.1, -0.05) is 11.6 Å². The monoisotopic (exact) mass is 330 g/mol. The highest BCUT2D eigenvalue weighted by atomic mass is 16.2. The lowest BCUT2D eigenvalue weighted by Crippen LogP contribution is -2.39. The van der Waals surface area contributed by atoms with Gasteiger partial charge in [0.05, 0.1) is 0 Å². The molecule has 1 heterocycles. The lowest BCUT2D eigenvalue weighted by Gasteiger charge is -2.23. The second-order valence-corrected chi connectivity index (χ2v) is 6.19. The number of benzene rings is 1. The van der Waals surface area contributed by atoms with E-state index in [1.807, 2.05) is 24.8 Å². The summed E-state index contributed by atoms with van der Waals surface area (Å²) in [5.41, 5.74) is 7.60. The molecule has 0 atom stereocenters. The minimum atomic E-state index is -0.385. The molecule has 1 aromatic carbocycles. The van der Waals surface area contributed by atoms with Gasteiger partial charge in [0, 0.05) is 43.9 Å². The molecular weight excluding hydrogens is 304 g/mol. The molecule has 0 aromatic heterocycles. The highest BCUT2D eigenvalue weighted by Crippen LogP contribution is 2.16. The van der Waals surface area contributed by atoms with Gasteiger partial charge in [0.25, 0.3) is 5.91 Å². The number of nitrogen functional groups attached to an aromatic ring is 1. The van der Waals surface area contributed by atoms with Crippen molar-refractivity contribution >= 4 is 23.2 Å². The largest absolute Gasteiger partial charge is 0.398 e. The second-order valence-electron chi connectivity index (χ2n) is 6.19. The van der Waals surface area contributed by atoms with Gasteiger partial charge in [-0.15, -0.1) is 0 Å². The molecule has 1 aliphatic rings. The van der Waals surface area contributed by atoms with Crippen LogP contribution in [0.3, 0.4) is 0 Å². The summed E-state index contributed by atoms with van der Waals surface area (Å²) in [5.74, 6) is -0.302. The molecular formula is C18H26N4O2. The van der Waals surface area contributed by atoms with Crippen molar-refractivity contribution < 1.29 is 9.59 Å². The zero-order valence-electron chi connectivity index (χ0n) is 14.5. The van der Waals surface area contributed by atoms with E-state index in [0.717, 1.165) is 31.5 Å². The third-order valence-electron chi connectivity index (χ3n) is 4.42. The Bertz CT molecular complexity index is 636. The molecule has 0 aliphatic carbocycles. The third-order valence-corrected chi connectivity index (χ3v) is 4.42. The van der Waals surface area contributed by atoms with E-state index in [9.17, 15) is 9.59 Å². The number of likely N-dealkylation sites (tertiary alicyclic amines) is 1. The molecule has 0 unspecified atom stereocenters. The first-order chi connectivity index (χ1) is 11.4. The van der Waals surface area contributed by atoms with Crippen LogP contribution in [0, 0.1) is 12.3 Å². The number of nitrogens with one attached hydrogen (secondary N) is 1. The molecule has 0 bridgehead atoms. The number of aryl methyl sites for hydroxylation is 1. The minimum Gasteiger partial charge on any atom is -0.398 e. The standard InChI is InChI=1S/C18H26N4O2/c1-3-21(11-8-16(23)22-9-4-5-10-22)18(24)17(20)14-12-13(2)6-7-15(14)19/h6-7,12,20H,3-5,8-11,19H2,1-2H3. The number of nitrogens with two attached hydrogens (primary N) is 1. The minimum absolute atomic E-state index is 0.0837. The van der Waals surface area contributed by atoms with Gasteiger partial charge in [-0.3, -0.25) is 15.0 Å². The Kier molecular flexibility index (Phi) is 5.95. The molecule has 0 radical (unpaired) electrons. The zero-order valence-corrected chi connectivity index (χ0v) is 14.5. The third kappa shape index (κ3) is 4.13. The van der Waals surface area contributed by atoms with Crippen molar-refractivity contribution in [3.63, 3.8) is 0 Å². The average Bonchev–Trinajstić information content (AvgIpc) is 3.11. The van der Waals surface area contributed by atoms with Crippen molar-refractivity contribution in [1.82, 2.24) is 9.80 Å². The maximum atomic E-state index is 12.6. The molecule has 6 nitrogen and oxygen atoms in total. The average molecular weight is 330 g/mol. The Morgan fingerprint density at radius 3 is 2.58 bits per heavy atom. The van der Waals surface area contributed by atoms with Crippen LogP contribution in [0.15, 0.2) is 18.2 Å². The van der Waals surface area contributed by atoms with Gasteiger partial charge < -0.3 is 15.5 Å². The first-order valence-corrected chi connectivity index (χ1v) is 8.46. The molecule has 2 amide bonds. The Hall–Kier alpha value is -2.37. The van der Waals surface area contributed by atoms with Crippen molar-refractivity contribution in [2.24, 2.45) is 0 Å². The maximum absolute atomic E-state index is 12.6. The molecule has 1 aromatic rings. The van der Waals surface area contributed by atoms with Crippen molar-refractivity contribution in [2.75, 3.05) is 31.9 Å². The summed E-state index contributed by atoms with van der Waals surface area (Å²) in [6, 6.07) is 5.31. The van der Waals surface area contributed by atoms with E-state index in [-0.39, 0.29) is 17.5 Å². The summed E-state index contributed by atoms with van der Waals surface area (Å²) in [6.07, 6.45) is 2.41. The number of carbonyl (C=O) groups excluding carboxylic acids is 2. The maximum Gasteiger partial charge on any atom is 0.272 e. The number of likely N-dealkylation sites (N-methyl/N-ethyl adjacent to an activating group) is 1. The van der Waals surface area contributed by atoms with Gasteiger partial charge in [0.1, 0.15) is 5.71 Å². The fourth-order valence-electron chi connectivity index (χ4n) is 2.92. The number of hydrogen-bond acceptors (Lipinski definition) is 4. The molecule has 24 heavy (non-hydrogen) atoms. The number of anilines is 1. The van der Waals surface area contributed by atoms with E-state index >= 15 is 0 Å². The normalized spacial score (nSPS) is 13.8. The van der Waals surface area contributed by atoms with Gasteiger partial charge in [0.15, 0.2) is 0 Å². The first-order valence-electron chi connectivity index (χ1n) is 8.46. The van der Waals surface area contributed by atoms with Crippen LogP contribution in [-0.2, 0) is 9.59 Å². The van der Waals surface area contributed by atoms with Crippen molar-refractivity contribution in [3.8, 4) is 0 Å². The van der Waals surface area contributed by atoms with Crippen LogP contribution in [0.4, 0.5) is 5.69 Å². The smallest absolute Gasteiger partial charge is 0.272 e. The highest BCUT2D eigenvalue weighted by molar-refractivity contribution is 6.45. The van der Waals surface area contributed by atoms with Crippen LogP contribution >= 0.6 is 0 Å². The number of hydrogen-bond donors (Lipinski definition) is 2. The SMILES string of the molecule is CCN(CCC(=O)N1CCCC1)C(=O)C(=N)c1cc(C)ccc1N. The van der Waals surface area contributed by atoms with E-state index < -0.39 is 0 Å². The van der Waals surface area contributed by atoms with Gasteiger partial charge in [-0.05, 0) is 38.8 Å². The van der Waals surface area contributed by atoms with E-state index in [0.29, 0.717) is 30.8 Å². The fraction of sp³-hybridized carbons (Fsp3) is 0.500. The molecule has 6 heteroatoms. The zero-order chi connectivity index (χ0) is 17.7. The number of rotatable bonds is 6. The second kappa shape index (κ2) is 7.95. The molecule has 0 saturated carbocycles. The molecule has 1 fully saturated rings. The Morgan fingerprint density at radius 1 is 1.29 bits per heavy atom. The van der Waals surface area contributed by atoms with Crippen molar-refractivity contribution in [3.05, 3.63) is 29.3 Å². The van der Waals surface area contributed by atoms with Crippen LogP contribution in [0.2, 0.25) is 0 Å². The first kappa shape index (κ1) is 18.0. The Morgan fingerprint density at radius 2 is 1.96 bits per heavy atom. The van der Waals surface area contributed by atoms with Gasteiger partial charge in [-0.2, -0.15) is 0 Å². The Balaban J connectivity index is 2.01. The predicted molar refractivity (Wildman–Crippen MR) is 95.1 cm³/mol. The van der Waals surface area contributed by atoms with E-state index in [1.54, 1.807) is 12.1 Å². The van der Waals surface area contributed by atoms with Crippen LogP contribution in [-0.4, -0.2) is 53.5 Å².